The molecule has 0 spiro atoms. The number of rotatable bonds is 9. The lowest BCUT2D eigenvalue weighted by atomic mass is 9.84. The fourth-order valence-corrected chi connectivity index (χ4v) is 2.82. The van der Waals surface area contributed by atoms with Crippen molar-refractivity contribution in [3.63, 3.8) is 0 Å². The lowest BCUT2D eigenvalue weighted by Crippen LogP contribution is -2.59. The molecule has 2 nitrogen and oxygen atoms in total. The largest absolute Gasteiger partial charge is 0.389 e. The Morgan fingerprint density at radius 2 is 1.58 bits per heavy atom. The molecule has 0 aliphatic rings. The Balaban J connectivity index is 4.97. The first-order valence-electron chi connectivity index (χ1n) is 7.30. The quantitative estimate of drug-likeness (QED) is 0.691. The van der Waals surface area contributed by atoms with Gasteiger partial charge in [0.25, 0.3) is 0 Å². The van der Waals surface area contributed by atoms with E-state index in [9.17, 15) is 13.2 Å². The predicted octanol–water partition coefficient (Wildman–Crippen LogP) is 3.82. The molecule has 2 atom stereocenters. The highest BCUT2D eigenvalue weighted by atomic mass is 19.4. The Kier molecular flexibility index (Phi) is 7.98. The zero-order valence-electron chi connectivity index (χ0n) is 12.9. The molecule has 1 N–H and O–H groups in total. The monoisotopic (exact) mass is 282 g/mol. The van der Waals surface area contributed by atoms with Gasteiger partial charge in [-0.2, -0.15) is 13.2 Å². The highest BCUT2D eigenvalue weighted by Crippen LogP contribution is 2.30. The molecule has 0 aromatic heterocycles. The number of halogens is 3. The molecule has 116 valence electrons. The van der Waals surface area contributed by atoms with Crippen LogP contribution in [0.15, 0.2) is 0 Å². The van der Waals surface area contributed by atoms with E-state index in [1.54, 1.807) is 0 Å². The molecule has 0 heterocycles. The number of hydrogen-bond acceptors (Lipinski definition) is 2. The van der Waals surface area contributed by atoms with Crippen molar-refractivity contribution in [1.82, 2.24) is 10.2 Å². The van der Waals surface area contributed by atoms with E-state index >= 15 is 0 Å². The fraction of sp³-hybridized carbons (Fsp3) is 1.00. The summed E-state index contributed by atoms with van der Waals surface area (Å²) in [5, 5.41) is 3.25. The Morgan fingerprint density at radius 1 is 1.05 bits per heavy atom. The summed E-state index contributed by atoms with van der Waals surface area (Å²) in [6.07, 6.45) is -3.82. The van der Waals surface area contributed by atoms with Gasteiger partial charge in [0.1, 0.15) is 0 Å². The van der Waals surface area contributed by atoms with E-state index in [1.165, 1.54) is 0 Å². The third-order valence-electron chi connectivity index (χ3n) is 4.12. The SMILES string of the molecule is CCNC(CCC(F)(F)F)C(C)(CC)N(CC)CC. The van der Waals surface area contributed by atoms with Crippen LogP contribution in [0.4, 0.5) is 13.2 Å². The molecule has 19 heavy (non-hydrogen) atoms. The molecule has 5 heteroatoms. The van der Waals surface area contributed by atoms with Crippen molar-refractivity contribution < 1.29 is 13.2 Å². The molecular weight excluding hydrogens is 253 g/mol. The van der Waals surface area contributed by atoms with Crippen LogP contribution in [0.25, 0.3) is 0 Å². The van der Waals surface area contributed by atoms with Crippen LogP contribution in [0.1, 0.15) is 53.9 Å². The Morgan fingerprint density at radius 3 is 1.89 bits per heavy atom. The highest BCUT2D eigenvalue weighted by Gasteiger charge is 2.38. The van der Waals surface area contributed by atoms with Gasteiger partial charge in [-0.25, -0.2) is 0 Å². The second-order valence-corrected chi connectivity index (χ2v) is 5.15. The van der Waals surface area contributed by atoms with E-state index in [2.05, 4.69) is 37.9 Å². The van der Waals surface area contributed by atoms with Gasteiger partial charge in [-0.3, -0.25) is 4.90 Å². The maximum Gasteiger partial charge on any atom is 0.389 e. The van der Waals surface area contributed by atoms with Gasteiger partial charge in [0, 0.05) is 18.0 Å². The summed E-state index contributed by atoms with van der Waals surface area (Å²) in [6, 6.07) is -0.135. The van der Waals surface area contributed by atoms with Gasteiger partial charge in [-0.1, -0.05) is 27.7 Å². The van der Waals surface area contributed by atoms with Crippen molar-refractivity contribution in [3.05, 3.63) is 0 Å². The Bertz CT molecular complexity index is 239. The summed E-state index contributed by atoms with van der Waals surface area (Å²) in [6.45, 7) is 12.6. The molecule has 2 unspecified atom stereocenters. The lowest BCUT2D eigenvalue weighted by Gasteiger charge is -2.46. The zero-order valence-corrected chi connectivity index (χ0v) is 12.9. The average molecular weight is 282 g/mol. The predicted molar refractivity (Wildman–Crippen MR) is 74.4 cm³/mol. The minimum Gasteiger partial charge on any atom is -0.312 e. The van der Waals surface area contributed by atoms with E-state index < -0.39 is 12.6 Å². The van der Waals surface area contributed by atoms with Crippen LogP contribution in [0, 0.1) is 0 Å². The van der Waals surface area contributed by atoms with Crippen LogP contribution >= 0.6 is 0 Å². The van der Waals surface area contributed by atoms with Crippen molar-refractivity contribution in [2.24, 2.45) is 0 Å². The fourth-order valence-electron chi connectivity index (χ4n) is 2.82. The molecule has 0 aliphatic heterocycles. The second kappa shape index (κ2) is 8.10. The number of alkyl halides is 3. The third kappa shape index (κ3) is 5.69. The van der Waals surface area contributed by atoms with Crippen molar-refractivity contribution in [1.29, 1.82) is 0 Å². The van der Waals surface area contributed by atoms with Crippen LogP contribution in [0.3, 0.4) is 0 Å². The number of hydrogen-bond donors (Lipinski definition) is 1. The number of nitrogens with one attached hydrogen (secondary N) is 1. The standard InChI is InChI=1S/C14H29F3N2/c1-6-13(5,19(8-3)9-4)12(18-7-2)10-11-14(15,16)17/h12,18H,6-11H2,1-5H3. The summed E-state index contributed by atoms with van der Waals surface area (Å²) in [7, 11) is 0. The minimum absolute atomic E-state index is 0.135. The summed E-state index contributed by atoms with van der Waals surface area (Å²) in [5.74, 6) is 0. The van der Waals surface area contributed by atoms with E-state index in [-0.39, 0.29) is 18.0 Å². The molecule has 0 aliphatic carbocycles. The summed E-state index contributed by atoms with van der Waals surface area (Å²) >= 11 is 0. The van der Waals surface area contributed by atoms with E-state index in [4.69, 9.17) is 0 Å². The van der Waals surface area contributed by atoms with Gasteiger partial charge in [0.15, 0.2) is 0 Å². The normalized spacial score (nSPS) is 17.5. The van der Waals surface area contributed by atoms with Crippen LogP contribution < -0.4 is 5.32 Å². The second-order valence-electron chi connectivity index (χ2n) is 5.15. The molecule has 0 aromatic carbocycles. The molecular formula is C14H29F3N2. The van der Waals surface area contributed by atoms with Crippen molar-refractivity contribution in [3.8, 4) is 0 Å². The average Bonchev–Trinajstić information content (AvgIpc) is 2.34. The van der Waals surface area contributed by atoms with Gasteiger partial charge in [-0.15, -0.1) is 0 Å². The molecule has 0 saturated carbocycles. The topological polar surface area (TPSA) is 15.3 Å². The van der Waals surface area contributed by atoms with Gasteiger partial charge < -0.3 is 5.32 Å². The number of likely N-dealkylation sites (N-methyl/N-ethyl adjacent to an activating group) is 2. The van der Waals surface area contributed by atoms with E-state index in [0.29, 0.717) is 6.54 Å². The van der Waals surface area contributed by atoms with Crippen LogP contribution in [-0.2, 0) is 0 Å². The minimum atomic E-state index is -4.08. The zero-order chi connectivity index (χ0) is 15.1. The lowest BCUT2D eigenvalue weighted by molar-refractivity contribution is -0.138. The third-order valence-corrected chi connectivity index (χ3v) is 4.12. The first-order chi connectivity index (χ1) is 8.75. The van der Waals surface area contributed by atoms with Gasteiger partial charge in [0.05, 0.1) is 0 Å². The van der Waals surface area contributed by atoms with Crippen molar-refractivity contribution in [2.45, 2.75) is 71.6 Å². The molecule has 0 aromatic rings. The Hall–Kier alpha value is -0.290. The number of nitrogens with zero attached hydrogens (tertiary/aromatic N) is 1. The molecule has 0 radical (unpaired) electrons. The van der Waals surface area contributed by atoms with Crippen LogP contribution in [0.2, 0.25) is 0 Å². The maximum atomic E-state index is 12.5. The summed E-state index contributed by atoms with van der Waals surface area (Å²) in [5.41, 5.74) is -0.231. The van der Waals surface area contributed by atoms with Crippen LogP contribution in [-0.4, -0.2) is 42.3 Å². The molecule has 0 bridgehead atoms. The van der Waals surface area contributed by atoms with Crippen molar-refractivity contribution >= 4 is 0 Å². The van der Waals surface area contributed by atoms with Crippen LogP contribution in [0.5, 0.6) is 0 Å². The maximum absolute atomic E-state index is 12.5. The highest BCUT2D eigenvalue weighted by molar-refractivity contribution is 4.96. The van der Waals surface area contributed by atoms with E-state index in [0.717, 1.165) is 19.5 Å². The molecule has 0 fully saturated rings. The van der Waals surface area contributed by atoms with Gasteiger partial charge in [0.2, 0.25) is 0 Å². The van der Waals surface area contributed by atoms with E-state index in [1.807, 2.05) is 6.92 Å². The first kappa shape index (κ1) is 18.7. The smallest absolute Gasteiger partial charge is 0.312 e. The summed E-state index contributed by atoms with van der Waals surface area (Å²) < 4.78 is 37.4. The molecule has 0 saturated heterocycles. The molecule has 0 amide bonds. The molecule has 0 rings (SSSR count). The first-order valence-corrected chi connectivity index (χ1v) is 7.30. The van der Waals surface area contributed by atoms with Crippen molar-refractivity contribution in [2.75, 3.05) is 19.6 Å². The Labute approximate surface area is 115 Å². The van der Waals surface area contributed by atoms with Gasteiger partial charge >= 0.3 is 6.18 Å². The summed E-state index contributed by atoms with van der Waals surface area (Å²) in [4.78, 5) is 2.26. The van der Waals surface area contributed by atoms with Gasteiger partial charge in [-0.05, 0) is 39.4 Å².